The van der Waals surface area contributed by atoms with Crippen LogP contribution in [0.5, 0.6) is 17.2 Å². The van der Waals surface area contributed by atoms with E-state index in [1.54, 1.807) is 50.6 Å². The molecular weight excluding hydrogens is 460 g/mol. The Morgan fingerprint density at radius 1 is 1.06 bits per heavy atom. The summed E-state index contributed by atoms with van der Waals surface area (Å²) in [6.07, 6.45) is 0.909. The Labute approximate surface area is 211 Å². The number of benzene rings is 2. The SMILES string of the molecule is COc1cc(Nc2nc(N)n(-c3ccc(C#N)cc3)n2)cc(OC)c1OCCCN1CCN(C)CC1. The summed E-state index contributed by atoms with van der Waals surface area (Å²) in [4.78, 5) is 9.11. The lowest BCUT2D eigenvalue weighted by molar-refractivity contribution is 0.144. The van der Waals surface area contributed by atoms with Crippen molar-refractivity contribution < 1.29 is 14.2 Å². The fraction of sp³-hybridized carbons (Fsp3) is 0.400. The van der Waals surface area contributed by atoms with E-state index in [4.69, 9.17) is 25.2 Å². The van der Waals surface area contributed by atoms with E-state index < -0.39 is 0 Å². The molecule has 11 heteroatoms. The van der Waals surface area contributed by atoms with Gasteiger partial charge in [-0.15, -0.1) is 5.10 Å². The van der Waals surface area contributed by atoms with Crippen molar-refractivity contribution in [2.24, 2.45) is 0 Å². The maximum absolute atomic E-state index is 9.00. The number of nitrogen functional groups attached to an aromatic ring is 1. The number of rotatable bonds is 10. The minimum atomic E-state index is 0.210. The zero-order chi connectivity index (χ0) is 25.5. The van der Waals surface area contributed by atoms with Crippen molar-refractivity contribution >= 4 is 17.6 Å². The second-order valence-corrected chi connectivity index (χ2v) is 8.55. The second-order valence-electron chi connectivity index (χ2n) is 8.55. The first-order valence-electron chi connectivity index (χ1n) is 11.8. The van der Waals surface area contributed by atoms with Crippen LogP contribution in [0.3, 0.4) is 0 Å². The summed E-state index contributed by atoms with van der Waals surface area (Å²) < 4.78 is 18.7. The number of hydrogen-bond acceptors (Lipinski definition) is 10. The standard InChI is InChI=1S/C25H32N8O3/c1-31-10-12-32(13-11-31)9-4-14-36-23-21(34-2)15-19(16-22(23)35-3)28-25-29-24(27)33(30-25)20-7-5-18(17-26)6-8-20/h5-8,15-16H,4,9-14H2,1-3H3,(H3,27,28,29,30). The first-order chi connectivity index (χ1) is 17.5. The topological polar surface area (TPSA) is 127 Å². The predicted octanol–water partition coefficient (Wildman–Crippen LogP) is 2.50. The van der Waals surface area contributed by atoms with E-state index in [2.05, 4.69) is 38.3 Å². The number of anilines is 3. The highest BCUT2D eigenvalue weighted by Gasteiger charge is 2.17. The van der Waals surface area contributed by atoms with Gasteiger partial charge in [-0.25, -0.2) is 0 Å². The molecule has 2 aromatic carbocycles. The van der Waals surface area contributed by atoms with Crippen LogP contribution < -0.4 is 25.3 Å². The zero-order valence-corrected chi connectivity index (χ0v) is 20.9. The summed E-state index contributed by atoms with van der Waals surface area (Å²) in [5.41, 5.74) is 7.98. The molecule has 4 rings (SSSR count). The molecule has 3 N–H and O–H groups in total. The Kier molecular flexibility index (Phi) is 8.10. The van der Waals surface area contributed by atoms with Crippen molar-refractivity contribution in [1.82, 2.24) is 24.6 Å². The summed E-state index contributed by atoms with van der Waals surface area (Å²) >= 11 is 0. The number of piperazine rings is 1. The molecule has 36 heavy (non-hydrogen) atoms. The highest BCUT2D eigenvalue weighted by Crippen LogP contribution is 2.41. The minimum absolute atomic E-state index is 0.210. The fourth-order valence-corrected chi connectivity index (χ4v) is 4.00. The zero-order valence-electron chi connectivity index (χ0n) is 20.9. The molecule has 1 aliphatic heterocycles. The molecule has 0 saturated carbocycles. The van der Waals surface area contributed by atoms with Gasteiger partial charge in [-0.1, -0.05) is 0 Å². The smallest absolute Gasteiger partial charge is 0.248 e. The first-order valence-corrected chi connectivity index (χ1v) is 11.8. The largest absolute Gasteiger partial charge is 0.493 e. The third-order valence-corrected chi connectivity index (χ3v) is 6.05. The lowest BCUT2D eigenvalue weighted by Crippen LogP contribution is -2.44. The average Bonchev–Trinajstić information content (AvgIpc) is 3.27. The summed E-state index contributed by atoms with van der Waals surface area (Å²) in [7, 11) is 5.33. The van der Waals surface area contributed by atoms with Gasteiger partial charge in [0.1, 0.15) is 0 Å². The number of hydrogen-bond donors (Lipinski definition) is 2. The number of aromatic nitrogens is 3. The maximum atomic E-state index is 9.00. The van der Waals surface area contributed by atoms with Gasteiger partial charge in [-0.3, -0.25) is 0 Å². The predicted molar refractivity (Wildman–Crippen MR) is 137 cm³/mol. The maximum Gasteiger partial charge on any atom is 0.248 e. The Morgan fingerprint density at radius 2 is 1.72 bits per heavy atom. The molecule has 0 bridgehead atoms. The van der Waals surface area contributed by atoms with Crippen molar-refractivity contribution in [1.29, 1.82) is 5.26 Å². The molecule has 1 aromatic heterocycles. The molecule has 0 aliphatic carbocycles. The molecule has 0 atom stereocenters. The normalized spacial score (nSPS) is 14.3. The third-order valence-electron chi connectivity index (χ3n) is 6.05. The van der Waals surface area contributed by atoms with Crippen LogP contribution in [0.1, 0.15) is 12.0 Å². The van der Waals surface area contributed by atoms with Crippen LogP contribution in [-0.4, -0.2) is 85.2 Å². The monoisotopic (exact) mass is 492 g/mol. The van der Waals surface area contributed by atoms with Crippen LogP contribution in [0, 0.1) is 11.3 Å². The van der Waals surface area contributed by atoms with Gasteiger partial charge >= 0.3 is 0 Å². The Balaban J connectivity index is 1.43. The number of methoxy groups -OCH3 is 2. The summed E-state index contributed by atoms with van der Waals surface area (Å²) in [6.45, 7) is 5.92. The van der Waals surface area contributed by atoms with Crippen molar-refractivity contribution in [3.8, 4) is 29.0 Å². The number of ether oxygens (including phenoxy) is 3. The Morgan fingerprint density at radius 3 is 2.33 bits per heavy atom. The van der Waals surface area contributed by atoms with Crippen molar-refractivity contribution in [2.45, 2.75) is 6.42 Å². The highest BCUT2D eigenvalue weighted by molar-refractivity contribution is 5.66. The van der Waals surface area contributed by atoms with E-state index in [0.29, 0.717) is 46.7 Å². The Hall–Kier alpha value is -4.01. The van der Waals surface area contributed by atoms with Gasteiger partial charge in [0.05, 0.1) is 38.1 Å². The van der Waals surface area contributed by atoms with Crippen LogP contribution in [0.15, 0.2) is 36.4 Å². The molecule has 3 aromatic rings. The van der Waals surface area contributed by atoms with Gasteiger partial charge in [0.15, 0.2) is 11.5 Å². The molecule has 1 fully saturated rings. The number of nitrogens with two attached hydrogens (primary N) is 1. The number of likely N-dealkylation sites (N-methyl/N-ethyl adjacent to an activating group) is 1. The van der Waals surface area contributed by atoms with E-state index in [-0.39, 0.29) is 5.95 Å². The molecule has 190 valence electrons. The highest BCUT2D eigenvalue weighted by atomic mass is 16.5. The molecule has 11 nitrogen and oxygen atoms in total. The average molecular weight is 493 g/mol. The van der Waals surface area contributed by atoms with Gasteiger partial charge in [0, 0.05) is 50.5 Å². The van der Waals surface area contributed by atoms with Crippen LogP contribution >= 0.6 is 0 Å². The second kappa shape index (κ2) is 11.6. The molecule has 0 radical (unpaired) electrons. The molecule has 1 aliphatic rings. The van der Waals surface area contributed by atoms with Crippen molar-refractivity contribution in [3.63, 3.8) is 0 Å². The van der Waals surface area contributed by atoms with Gasteiger partial charge in [-0.2, -0.15) is 14.9 Å². The van der Waals surface area contributed by atoms with Crippen LogP contribution in [0.25, 0.3) is 5.69 Å². The van der Waals surface area contributed by atoms with Gasteiger partial charge in [-0.05, 0) is 37.7 Å². The van der Waals surface area contributed by atoms with E-state index in [1.807, 2.05) is 0 Å². The summed E-state index contributed by atoms with van der Waals surface area (Å²) in [6, 6.07) is 12.6. The van der Waals surface area contributed by atoms with E-state index >= 15 is 0 Å². The number of nitrogens with zero attached hydrogens (tertiary/aromatic N) is 6. The van der Waals surface area contributed by atoms with Crippen molar-refractivity contribution in [2.75, 3.05) is 71.6 Å². The van der Waals surface area contributed by atoms with E-state index in [1.165, 1.54) is 4.68 Å². The molecule has 2 heterocycles. The number of nitriles is 1. The van der Waals surface area contributed by atoms with Gasteiger partial charge in [0.25, 0.3) is 0 Å². The van der Waals surface area contributed by atoms with E-state index in [0.717, 1.165) is 39.1 Å². The van der Waals surface area contributed by atoms with Gasteiger partial charge in [0.2, 0.25) is 17.6 Å². The molecule has 1 saturated heterocycles. The first kappa shape index (κ1) is 25.1. The lowest BCUT2D eigenvalue weighted by atomic mass is 10.2. The lowest BCUT2D eigenvalue weighted by Gasteiger charge is -2.32. The minimum Gasteiger partial charge on any atom is -0.493 e. The summed E-state index contributed by atoms with van der Waals surface area (Å²) in [5, 5.41) is 16.6. The molecule has 0 amide bonds. The Bertz CT molecular complexity index is 1170. The molecule has 0 unspecified atom stereocenters. The fourth-order valence-electron chi connectivity index (χ4n) is 4.00. The van der Waals surface area contributed by atoms with Gasteiger partial charge < -0.3 is 35.1 Å². The summed E-state index contributed by atoms with van der Waals surface area (Å²) in [5.74, 6) is 2.15. The van der Waals surface area contributed by atoms with Crippen LogP contribution in [0.2, 0.25) is 0 Å². The van der Waals surface area contributed by atoms with E-state index in [9.17, 15) is 0 Å². The van der Waals surface area contributed by atoms with Crippen molar-refractivity contribution in [3.05, 3.63) is 42.0 Å². The number of nitrogens with one attached hydrogen (secondary N) is 1. The van der Waals surface area contributed by atoms with Crippen LogP contribution in [0.4, 0.5) is 17.6 Å². The molecule has 0 spiro atoms. The quantitative estimate of drug-likeness (QED) is 0.408. The third kappa shape index (κ3) is 5.97. The molecular formula is C25H32N8O3. The van der Waals surface area contributed by atoms with Crippen LogP contribution in [-0.2, 0) is 0 Å².